The minimum Gasteiger partial charge on any atom is -0.350 e. The third kappa shape index (κ3) is 5.40. The molecule has 0 fully saturated rings. The summed E-state index contributed by atoms with van der Waals surface area (Å²) >= 11 is 11.9. The van der Waals surface area contributed by atoms with E-state index in [0.717, 1.165) is 22.5 Å². The molecule has 2 amide bonds. The Morgan fingerprint density at radius 2 is 1.77 bits per heavy atom. The van der Waals surface area contributed by atoms with Gasteiger partial charge in [-0.05, 0) is 37.6 Å². The van der Waals surface area contributed by atoms with E-state index in [1.54, 1.807) is 6.07 Å². The molecule has 0 bridgehead atoms. The van der Waals surface area contributed by atoms with Crippen LogP contribution in [0, 0.1) is 13.8 Å². The van der Waals surface area contributed by atoms with Crippen LogP contribution < -0.4 is 10.6 Å². The van der Waals surface area contributed by atoms with Gasteiger partial charge in [0.25, 0.3) is 5.91 Å². The summed E-state index contributed by atoms with van der Waals surface area (Å²) in [4.78, 5) is 24.4. The average molecular weight is 445 g/mol. The monoisotopic (exact) mass is 444 g/mol. The van der Waals surface area contributed by atoms with Crippen LogP contribution in [-0.4, -0.2) is 28.1 Å². The molecular formula is C22H22Cl2N4O2. The van der Waals surface area contributed by atoms with Crippen molar-refractivity contribution in [2.75, 3.05) is 6.54 Å². The maximum absolute atomic E-state index is 12.2. The summed E-state index contributed by atoms with van der Waals surface area (Å²) in [5, 5.41) is 10.6. The van der Waals surface area contributed by atoms with Gasteiger partial charge in [-0.15, -0.1) is 0 Å². The second-order valence-electron chi connectivity index (χ2n) is 6.88. The molecule has 1 aromatic heterocycles. The third-order valence-electron chi connectivity index (χ3n) is 4.75. The first-order valence-electron chi connectivity index (χ1n) is 9.42. The summed E-state index contributed by atoms with van der Waals surface area (Å²) in [6.07, 6.45) is 0. The Bertz CT molecular complexity index is 1060. The van der Waals surface area contributed by atoms with E-state index >= 15 is 0 Å². The van der Waals surface area contributed by atoms with Gasteiger partial charge in [0, 0.05) is 22.8 Å². The van der Waals surface area contributed by atoms with Crippen molar-refractivity contribution in [1.29, 1.82) is 0 Å². The molecule has 0 saturated heterocycles. The van der Waals surface area contributed by atoms with Crippen LogP contribution >= 0.6 is 23.2 Å². The standard InChI is InChI=1S/C22H22Cl2N4O2/c1-14-19(15(2)28(27-14)13-16-6-4-3-5-7-16)11-25-21(29)12-26-22(30)18-9-8-17(23)10-20(18)24/h3-10H,11-13H2,1-2H3,(H,25,29)(H,26,30). The number of aromatic nitrogens is 2. The smallest absolute Gasteiger partial charge is 0.253 e. The van der Waals surface area contributed by atoms with Crippen molar-refractivity contribution >= 4 is 35.0 Å². The Labute approximate surface area is 185 Å². The summed E-state index contributed by atoms with van der Waals surface area (Å²) < 4.78 is 1.93. The minimum atomic E-state index is -0.435. The fourth-order valence-corrected chi connectivity index (χ4v) is 3.57. The van der Waals surface area contributed by atoms with Crippen molar-refractivity contribution in [2.24, 2.45) is 0 Å². The Morgan fingerprint density at radius 1 is 1.03 bits per heavy atom. The Balaban J connectivity index is 1.55. The molecule has 3 aromatic rings. The Hall–Kier alpha value is -2.83. The van der Waals surface area contributed by atoms with Crippen LogP contribution in [0.4, 0.5) is 0 Å². The number of carbonyl (C=O) groups is 2. The fourth-order valence-electron chi connectivity index (χ4n) is 3.08. The third-order valence-corrected chi connectivity index (χ3v) is 5.30. The van der Waals surface area contributed by atoms with Crippen LogP contribution in [0.3, 0.4) is 0 Å². The Morgan fingerprint density at radius 3 is 2.47 bits per heavy atom. The van der Waals surface area contributed by atoms with Gasteiger partial charge in [0.1, 0.15) is 0 Å². The van der Waals surface area contributed by atoms with Gasteiger partial charge in [0.2, 0.25) is 5.91 Å². The summed E-state index contributed by atoms with van der Waals surface area (Å²) in [5.41, 5.74) is 4.24. The molecule has 0 aliphatic carbocycles. The largest absolute Gasteiger partial charge is 0.350 e. The van der Waals surface area contributed by atoms with Gasteiger partial charge in [-0.3, -0.25) is 14.3 Å². The van der Waals surface area contributed by atoms with E-state index in [4.69, 9.17) is 23.2 Å². The number of nitrogens with one attached hydrogen (secondary N) is 2. The predicted octanol–water partition coefficient (Wildman–Crippen LogP) is 3.90. The highest BCUT2D eigenvalue weighted by Crippen LogP contribution is 2.20. The number of carbonyl (C=O) groups excluding carboxylic acids is 2. The second kappa shape index (κ2) is 9.78. The molecule has 8 heteroatoms. The SMILES string of the molecule is Cc1nn(Cc2ccccc2)c(C)c1CNC(=O)CNC(=O)c1ccc(Cl)cc1Cl. The van der Waals surface area contributed by atoms with Crippen molar-refractivity contribution < 1.29 is 9.59 Å². The number of hydrogen-bond acceptors (Lipinski definition) is 3. The lowest BCUT2D eigenvalue weighted by Crippen LogP contribution is -2.36. The van der Waals surface area contributed by atoms with E-state index in [2.05, 4.69) is 15.7 Å². The zero-order chi connectivity index (χ0) is 21.7. The van der Waals surface area contributed by atoms with Gasteiger partial charge >= 0.3 is 0 Å². The molecular weight excluding hydrogens is 423 g/mol. The molecule has 3 rings (SSSR count). The number of halogens is 2. The van der Waals surface area contributed by atoms with Crippen LogP contribution in [0.1, 0.15) is 32.9 Å². The molecule has 0 aliphatic heterocycles. The molecule has 0 unspecified atom stereocenters. The molecule has 0 saturated carbocycles. The maximum Gasteiger partial charge on any atom is 0.253 e. The molecule has 2 aromatic carbocycles. The number of aryl methyl sites for hydroxylation is 1. The highest BCUT2D eigenvalue weighted by atomic mass is 35.5. The van der Waals surface area contributed by atoms with Gasteiger partial charge in [-0.2, -0.15) is 5.10 Å². The van der Waals surface area contributed by atoms with Crippen LogP contribution in [0.2, 0.25) is 10.0 Å². The van der Waals surface area contributed by atoms with Gasteiger partial charge in [-0.25, -0.2) is 0 Å². The lowest BCUT2D eigenvalue weighted by Gasteiger charge is -2.09. The number of rotatable bonds is 7. The predicted molar refractivity (Wildman–Crippen MR) is 118 cm³/mol. The van der Waals surface area contributed by atoms with Gasteiger partial charge in [0.15, 0.2) is 0 Å². The molecule has 0 aliphatic rings. The quantitative estimate of drug-likeness (QED) is 0.579. The summed E-state index contributed by atoms with van der Waals surface area (Å²) in [6.45, 7) is 4.74. The van der Waals surface area contributed by atoms with Crippen LogP contribution in [0.25, 0.3) is 0 Å². The van der Waals surface area contributed by atoms with Crippen LogP contribution in [0.5, 0.6) is 0 Å². The molecule has 0 radical (unpaired) electrons. The normalized spacial score (nSPS) is 10.7. The van der Waals surface area contributed by atoms with E-state index in [1.165, 1.54) is 12.1 Å². The van der Waals surface area contributed by atoms with Crippen molar-refractivity contribution in [3.63, 3.8) is 0 Å². The van der Waals surface area contributed by atoms with Gasteiger partial charge < -0.3 is 10.6 Å². The molecule has 156 valence electrons. The molecule has 6 nitrogen and oxygen atoms in total. The van der Waals surface area contributed by atoms with Crippen LogP contribution in [0.15, 0.2) is 48.5 Å². The summed E-state index contributed by atoms with van der Waals surface area (Å²) in [6, 6.07) is 14.6. The van der Waals surface area contributed by atoms with Gasteiger partial charge in [-0.1, -0.05) is 53.5 Å². The molecule has 1 heterocycles. The first kappa shape index (κ1) is 21.9. The van der Waals surface area contributed by atoms with E-state index in [0.29, 0.717) is 18.1 Å². The van der Waals surface area contributed by atoms with Crippen molar-refractivity contribution in [3.05, 3.63) is 86.7 Å². The first-order chi connectivity index (χ1) is 14.3. The maximum atomic E-state index is 12.2. The van der Waals surface area contributed by atoms with Crippen molar-refractivity contribution in [1.82, 2.24) is 20.4 Å². The second-order valence-corrected chi connectivity index (χ2v) is 7.72. The number of hydrogen-bond donors (Lipinski definition) is 2. The highest BCUT2D eigenvalue weighted by Gasteiger charge is 2.15. The minimum absolute atomic E-state index is 0.159. The average Bonchev–Trinajstić information content (AvgIpc) is 2.98. The molecule has 30 heavy (non-hydrogen) atoms. The summed E-state index contributed by atoms with van der Waals surface area (Å²) in [5.74, 6) is -0.738. The Kier molecular flexibility index (Phi) is 7.13. The van der Waals surface area contributed by atoms with E-state index in [9.17, 15) is 9.59 Å². The fraction of sp³-hybridized carbons (Fsp3) is 0.227. The van der Waals surface area contributed by atoms with Crippen molar-refractivity contribution in [3.8, 4) is 0 Å². The van der Waals surface area contributed by atoms with Gasteiger partial charge in [0.05, 0.1) is 29.4 Å². The zero-order valence-corrected chi connectivity index (χ0v) is 18.2. The highest BCUT2D eigenvalue weighted by molar-refractivity contribution is 6.36. The molecule has 2 N–H and O–H groups in total. The number of benzene rings is 2. The van der Waals surface area contributed by atoms with E-state index in [1.807, 2.05) is 48.9 Å². The summed E-state index contributed by atoms with van der Waals surface area (Å²) in [7, 11) is 0. The lowest BCUT2D eigenvalue weighted by molar-refractivity contribution is -0.120. The van der Waals surface area contributed by atoms with E-state index < -0.39 is 5.91 Å². The molecule has 0 atom stereocenters. The topological polar surface area (TPSA) is 76.0 Å². The molecule has 0 spiro atoms. The van der Waals surface area contributed by atoms with Crippen LogP contribution in [-0.2, 0) is 17.9 Å². The zero-order valence-electron chi connectivity index (χ0n) is 16.7. The number of nitrogens with zero attached hydrogens (tertiary/aromatic N) is 2. The lowest BCUT2D eigenvalue weighted by atomic mass is 10.2. The van der Waals surface area contributed by atoms with Crippen molar-refractivity contribution in [2.45, 2.75) is 26.9 Å². The van der Waals surface area contributed by atoms with E-state index in [-0.39, 0.29) is 23.0 Å². The number of amides is 2. The first-order valence-corrected chi connectivity index (χ1v) is 10.2.